The highest BCUT2D eigenvalue weighted by Crippen LogP contribution is 2.38. The second-order valence-electron chi connectivity index (χ2n) is 7.02. The van der Waals surface area contributed by atoms with Gasteiger partial charge in [-0.25, -0.2) is 9.78 Å². The van der Waals surface area contributed by atoms with Gasteiger partial charge < -0.3 is 25.4 Å². The number of pyridine rings is 1. The third kappa shape index (κ3) is 4.14. The number of nitrogens with zero attached hydrogens (tertiary/aromatic N) is 2. The molecule has 0 radical (unpaired) electrons. The van der Waals surface area contributed by atoms with Crippen LogP contribution in [-0.2, 0) is 27.1 Å². The van der Waals surface area contributed by atoms with Crippen LogP contribution < -0.4 is 16.0 Å². The quantitative estimate of drug-likeness (QED) is 0.663. The van der Waals surface area contributed by atoms with Gasteiger partial charge in [0, 0.05) is 24.2 Å². The molecule has 10 heteroatoms. The molecule has 1 aliphatic heterocycles. The van der Waals surface area contributed by atoms with E-state index in [0.717, 1.165) is 29.7 Å². The summed E-state index contributed by atoms with van der Waals surface area (Å²) in [6.07, 6.45) is 4.23. The van der Waals surface area contributed by atoms with Gasteiger partial charge in [-0.2, -0.15) is 0 Å². The van der Waals surface area contributed by atoms with Crippen LogP contribution in [0.5, 0.6) is 0 Å². The molecule has 4 rings (SSSR count). The van der Waals surface area contributed by atoms with Crippen molar-refractivity contribution in [1.82, 2.24) is 4.98 Å². The predicted molar refractivity (Wildman–Crippen MR) is 111 cm³/mol. The number of hydrogen-bond donors (Lipinski definition) is 2. The van der Waals surface area contributed by atoms with E-state index in [1.54, 1.807) is 18.3 Å². The Morgan fingerprint density at radius 1 is 1.27 bits per heavy atom. The summed E-state index contributed by atoms with van der Waals surface area (Å²) < 4.78 is 10.5. The van der Waals surface area contributed by atoms with Crippen LogP contribution >= 0.6 is 11.3 Å². The minimum Gasteiger partial charge on any atom is -0.452 e. The molecule has 9 nitrogen and oxygen atoms in total. The fourth-order valence-electron chi connectivity index (χ4n) is 3.71. The number of esters is 1. The van der Waals surface area contributed by atoms with E-state index in [-0.39, 0.29) is 0 Å². The van der Waals surface area contributed by atoms with Crippen molar-refractivity contribution in [1.29, 1.82) is 0 Å². The van der Waals surface area contributed by atoms with Crippen molar-refractivity contribution >= 4 is 39.9 Å². The zero-order valence-corrected chi connectivity index (χ0v) is 17.1. The summed E-state index contributed by atoms with van der Waals surface area (Å²) in [6.45, 7) is 1.88. The number of anilines is 2. The third-order valence-corrected chi connectivity index (χ3v) is 6.28. The predicted octanol–water partition coefficient (Wildman–Crippen LogP) is 1.36. The van der Waals surface area contributed by atoms with Crippen LogP contribution in [0.4, 0.5) is 10.8 Å². The summed E-state index contributed by atoms with van der Waals surface area (Å²) in [6, 6.07) is 3.26. The zero-order valence-electron chi connectivity index (χ0n) is 16.3. The van der Waals surface area contributed by atoms with E-state index in [1.165, 1.54) is 11.3 Å². The van der Waals surface area contributed by atoms with Crippen LogP contribution in [0.3, 0.4) is 0 Å². The lowest BCUT2D eigenvalue weighted by molar-refractivity contribution is -0.119. The van der Waals surface area contributed by atoms with Gasteiger partial charge in [-0.15, -0.1) is 11.3 Å². The largest absolute Gasteiger partial charge is 0.452 e. The van der Waals surface area contributed by atoms with Gasteiger partial charge in [0.05, 0.1) is 18.8 Å². The number of fused-ring (bicyclic) bond motifs is 1. The van der Waals surface area contributed by atoms with Gasteiger partial charge in [-0.1, -0.05) is 0 Å². The maximum absolute atomic E-state index is 12.6. The molecular formula is C20H22N4O5S. The zero-order chi connectivity index (χ0) is 21.1. The van der Waals surface area contributed by atoms with Crippen molar-refractivity contribution in [2.45, 2.75) is 19.3 Å². The van der Waals surface area contributed by atoms with E-state index in [4.69, 9.17) is 15.2 Å². The van der Waals surface area contributed by atoms with Crippen molar-refractivity contribution in [2.75, 3.05) is 43.1 Å². The summed E-state index contributed by atoms with van der Waals surface area (Å²) in [7, 11) is 0. The maximum Gasteiger partial charge on any atom is 0.342 e. The number of hydrogen-bond acceptors (Lipinski definition) is 8. The van der Waals surface area contributed by atoms with Crippen LogP contribution in [-0.4, -0.2) is 55.7 Å². The van der Waals surface area contributed by atoms with Gasteiger partial charge in [-0.3, -0.25) is 9.59 Å². The Balaban J connectivity index is 1.41. The minimum atomic E-state index is -0.636. The fourth-order valence-corrected chi connectivity index (χ4v) is 5.02. The van der Waals surface area contributed by atoms with E-state index in [1.807, 2.05) is 4.90 Å². The highest BCUT2D eigenvalue weighted by molar-refractivity contribution is 7.17. The molecule has 2 aromatic rings. The molecule has 1 fully saturated rings. The van der Waals surface area contributed by atoms with Crippen molar-refractivity contribution < 1.29 is 23.9 Å². The molecule has 2 aromatic heterocycles. The van der Waals surface area contributed by atoms with Gasteiger partial charge in [0.1, 0.15) is 16.4 Å². The topological polar surface area (TPSA) is 124 Å². The van der Waals surface area contributed by atoms with Gasteiger partial charge in [-0.05, 0) is 37.0 Å². The van der Waals surface area contributed by atoms with E-state index < -0.39 is 24.4 Å². The molecule has 0 spiro atoms. The molecule has 2 aliphatic rings. The first-order valence-electron chi connectivity index (χ1n) is 9.73. The summed E-state index contributed by atoms with van der Waals surface area (Å²) in [4.78, 5) is 44.1. The van der Waals surface area contributed by atoms with Gasteiger partial charge in [0.25, 0.3) is 11.8 Å². The molecule has 3 N–H and O–H groups in total. The fraction of sp³-hybridized carbons (Fsp3) is 0.400. The first kappa shape index (κ1) is 20.3. The maximum atomic E-state index is 12.6. The molecule has 1 aliphatic carbocycles. The number of rotatable bonds is 6. The lowest BCUT2D eigenvalue weighted by Gasteiger charge is -2.28. The van der Waals surface area contributed by atoms with Crippen molar-refractivity contribution in [3.63, 3.8) is 0 Å². The second kappa shape index (κ2) is 8.80. The SMILES string of the molecule is NC(=O)c1c(NC(=O)COC(=O)c2cccnc2N2CCOCC2)sc2c1CCC2. The average molecular weight is 430 g/mol. The second-order valence-corrected chi connectivity index (χ2v) is 8.13. The number of carbonyl (C=O) groups excluding carboxylic acids is 3. The van der Waals surface area contributed by atoms with Crippen molar-refractivity contribution in [3.05, 3.63) is 39.9 Å². The van der Waals surface area contributed by atoms with E-state index >= 15 is 0 Å². The smallest absolute Gasteiger partial charge is 0.342 e. The number of ether oxygens (including phenoxy) is 2. The van der Waals surface area contributed by atoms with Gasteiger partial charge in [0.15, 0.2) is 6.61 Å². The molecule has 30 heavy (non-hydrogen) atoms. The van der Waals surface area contributed by atoms with Crippen LogP contribution in [0.2, 0.25) is 0 Å². The van der Waals surface area contributed by atoms with Gasteiger partial charge in [0.2, 0.25) is 0 Å². The first-order valence-corrected chi connectivity index (χ1v) is 10.5. The van der Waals surface area contributed by atoms with Crippen molar-refractivity contribution in [3.8, 4) is 0 Å². The van der Waals surface area contributed by atoms with E-state index in [2.05, 4.69) is 10.3 Å². The number of primary amides is 1. The molecule has 158 valence electrons. The number of aromatic nitrogens is 1. The Morgan fingerprint density at radius 3 is 2.83 bits per heavy atom. The molecule has 0 aromatic carbocycles. The summed E-state index contributed by atoms with van der Waals surface area (Å²) in [5.41, 5.74) is 7.09. The highest BCUT2D eigenvalue weighted by atomic mass is 32.1. The Morgan fingerprint density at radius 2 is 2.07 bits per heavy atom. The van der Waals surface area contributed by atoms with Crippen LogP contribution in [0, 0.1) is 0 Å². The molecular weight excluding hydrogens is 408 g/mol. The molecule has 1 saturated heterocycles. The van der Waals surface area contributed by atoms with Crippen LogP contribution in [0.1, 0.15) is 37.6 Å². The highest BCUT2D eigenvalue weighted by Gasteiger charge is 2.27. The first-order chi connectivity index (χ1) is 14.5. The number of morpholine rings is 1. The number of aryl methyl sites for hydroxylation is 1. The van der Waals surface area contributed by atoms with Crippen LogP contribution in [0.15, 0.2) is 18.3 Å². The van der Waals surface area contributed by atoms with Crippen LogP contribution in [0.25, 0.3) is 0 Å². The lowest BCUT2D eigenvalue weighted by atomic mass is 10.1. The molecule has 0 atom stereocenters. The van der Waals surface area contributed by atoms with E-state index in [0.29, 0.717) is 48.2 Å². The Bertz CT molecular complexity index is 984. The summed E-state index contributed by atoms with van der Waals surface area (Å²) >= 11 is 1.36. The third-order valence-electron chi connectivity index (χ3n) is 5.07. The molecule has 0 bridgehead atoms. The number of amides is 2. The molecule has 3 heterocycles. The molecule has 0 saturated carbocycles. The van der Waals surface area contributed by atoms with Crippen molar-refractivity contribution in [2.24, 2.45) is 5.73 Å². The summed E-state index contributed by atoms with van der Waals surface area (Å²) in [5.74, 6) is -1.21. The normalized spacial score (nSPS) is 15.5. The number of nitrogens with one attached hydrogen (secondary N) is 1. The lowest BCUT2D eigenvalue weighted by Crippen LogP contribution is -2.37. The Kier molecular flexibility index (Phi) is 5.96. The standard InChI is InChI=1S/C20H22N4O5S/c21-17(26)16-12-3-1-5-14(12)30-19(16)23-15(25)11-29-20(27)13-4-2-6-22-18(13)24-7-9-28-10-8-24/h2,4,6H,1,3,5,7-11H2,(H2,21,26)(H,23,25). The summed E-state index contributed by atoms with van der Waals surface area (Å²) in [5, 5.41) is 3.09. The van der Waals surface area contributed by atoms with E-state index in [9.17, 15) is 14.4 Å². The average Bonchev–Trinajstić information content (AvgIpc) is 3.33. The monoisotopic (exact) mass is 430 g/mol. The Labute approximate surface area is 177 Å². The Hall–Kier alpha value is -2.98. The molecule has 0 unspecified atom stereocenters. The number of nitrogens with two attached hydrogens (primary N) is 1. The van der Waals surface area contributed by atoms with Gasteiger partial charge >= 0.3 is 5.97 Å². The minimum absolute atomic E-state index is 0.292. The molecule has 2 amide bonds. The number of thiophene rings is 1. The number of carbonyl (C=O) groups is 3.